The molecule has 1 saturated heterocycles. The number of hydrogen-bond acceptors (Lipinski definition) is 5. The number of hydrogen-bond donors (Lipinski definition) is 0. The lowest BCUT2D eigenvalue weighted by Crippen LogP contribution is -2.50. The second kappa shape index (κ2) is 8.96. The van der Waals surface area contributed by atoms with Crippen molar-refractivity contribution in [3.05, 3.63) is 29.8 Å². The highest BCUT2D eigenvalue weighted by Gasteiger charge is 2.23. The van der Waals surface area contributed by atoms with Gasteiger partial charge < -0.3 is 24.0 Å². The van der Waals surface area contributed by atoms with E-state index in [1.54, 1.807) is 49.2 Å². The summed E-state index contributed by atoms with van der Waals surface area (Å²) in [5.74, 6) is 1.17. The molecule has 0 atom stereocenters. The van der Waals surface area contributed by atoms with Crippen molar-refractivity contribution < 1.29 is 23.8 Å². The van der Waals surface area contributed by atoms with Crippen LogP contribution in [0.4, 0.5) is 4.79 Å². The lowest BCUT2D eigenvalue weighted by molar-refractivity contribution is -0.127. The van der Waals surface area contributed by atoms with Gasteiger partial charge in [-0.25, -0.2) is 4.79 Å². The number of rotatable bonds is 5. The summed E-state index contributed by atoms with van der Waals surface area (Å²) in [6, 6.07) is 5.45. The summed E-state index contributed by atoms with van der Waals surface area (Å²) in [5.41, 5.74) is 0.844. The van der Waals surface area contributed by atoms with Crippen LogP contribution in [0.3, 0.4) is 0 Å². The molecule has 1 aromatic carbocycles. The third-order valence-corrected chi connectivity index (χ3v) is 3.94. The molecule has 2 amide bonds. The lowest BCUT2D eigenvalue weighted by Gasteiger charge is -2.33. The zero-order chi connectivity index (χ0) is 18.2. The molecule has 0 unspecified atom stereocenters. The van der Waals surface area contributed by atoms with Crippen molar-refractivity contribution in [3.63, 3.8) is 0 Å². The van der Waals surface area contributed by atoms with Gasteiger partial charge in [-0.3, -0.25) is 4.79 Å². The molecule has 0 N–H and O–H groups in total. The Morgan fingerprint density at radius 3 is 2.28 bits per heavy atom. The molecular weight excluding hydrogens is 324 g/mol. The van der Waals surface area contributed by atoms with Crippen LogP contribution in [0, 0.1) is 0 Å². The number of amides is 2. The molecule has 25 heavy (non-hydrogen) atoms. The van der Waals surface area contributed by atoms with Gasteiger partial charge in [0.2, 0.25) is 5.91 Å². The van der Waals surface area contributed by atoms with E-state index in [2.05, 4.69) is 0 Å². The summed E-state index contributed by atoms with van der Waals surface area (Å²) >= 11 is 0. The van der Waals surface area contributed by atoms with E-state index in [1.807, 2.05) is 6.07 Å². The van der Waals surface area contributed by atoms with E-state index < -0.39 is 0 Å². The summed E-state index contributed by atoms with van der Waals surface area (Å²) in [6.07, 6.45) is 2.94. The Morgan fingerprint density at radius 2 is 1.68 bits per heavy atom. The maximum atomic E-state index is 12.3. The Labute approximate surface area is 147 Å². The number of benzene rings is 1. The Kier molecular flexibility index (Phi) is 6.68. The number of carbonyl (C=O) groups excluding carboxylic acids is 2. The average molecular weight is 348 g/mol. The molecule has 1 aliphatic heterocycles. The molecule has 1 aromatic rings. The van der Waals surface area contributed by atoms with Crippen LogP contribution in [0.5, 0.6) is 11.5 Å². The predicted octanol–water partition coefficient (Wildman–Crippen LogP) is 2.02. The number of carbonyl (C=O) groups is 2. The van der Waals surface area contributed by atoms with Crippen LogP contribution < -0.4 is 9.47 Å². The molecule has 2 rings (SSSR count). The van der Waals surface area contributed by atoms with E-state index in [0.29, 0.717) is 44.3 Å². The van der Waals surface area contributed by atoms with Crippen LogP contribution in [0.2, 0.25) is 0 Å². The van der Waals surface area contributed by atoms with Gasteiger partial charge >= 0.3 is 6.09 Å². The van der Waals surface area contributed by atoms with Crippen molar-refractivity contribution in [1.82, 2.24) is 9.80 Å². The summed E-state index contributed by atoms with van der Waals surface area (Å²) in [5, 5.41) is 0. The van der Waals surface area contributed by atoms with Crippen molar-refractivity contribution in [2.75, 3.05) is 47.0 Å². The molecule has 7 nitrogen and oxygen atoms in total. The quantitative estimate of drug-likeness (QED) is 0.762. The number of methoxy groups -OCH3 is 2. The minimum absolute atomic E-state index is 0.0849. The zero-order valence-electron chi connectivity index (χ0n) is 14.9. The predicted molar refractivity (Wildman–Crippen MR) is 93.8 cm³/mol. The first kappa shape index (κ1) is 18.6. The second-order valence-electron chi connectivity index (χ2n) is 5.46. The minimum atomic E-state index is -0.324. The summed E-state index contributed by atoms with van der Waals surface area (Å²) in [7, 11) is 3.15. The van der Waals surface area contributed by atoms with Crippen LogP contribution >= 0.6 is 0 Å². The van der Waals surface area contributed by atoms with Crippen LogP contribution in [0.15, 0.2) is 24.3 Å². The Morgan fingerprint density at radius 1 is 1.04 bits per heavy atom. The molecule has 0 aliphatic carbocycles. The van der Waals surface area contributed by atoms with Crippen molar-refractivity contribution in [2.24, 2.45) is 0 Å². The third-order valence-electron chi connectivity index (χ3n) is 3.94. The average Bonchev–Trinajstić information content (AvgIpc) is 2.66. The van der Waals surface area contributed by atoms with Crippen LogP contribution in [-0.4, -0.2) is 68.8 Å². The maximum absolute atomic E-state index is 12.3. The molecular formula is C18H24N2O5. The largest absolute Gasteiger partial charge is 0.493 e. The first-order chi connectivity index (χ1) is 12.1. The topological polar surface area (TPSA) is 68.3 Å². The van der Waals surface area contributed by atoms with E-state index in [4.69, 9.17) is 14.2 Å². The van der Waals surface area contributed by atoms with Gasteiger partial charge in [-0.1, -0.05) is 6.07 Å². The fourth-order valence-corrected chi connectivity index (χ4v) is 2.55. The first-order valence-corrected chi connectivity index (χ1v) is 8.19. The summed E-state index contributed by atoms with van der Waals surface area (Å²) in [4.78, 5) is 27.3. The van der Waals surface area contributed by atoms with Crippen LogP contribution in [-0.2, 0) is 9.53 Å². The third kappa shape index (κ3) is 4.89. The van der Waals surface area contributed by atoms with Gasteiger partial charge in [-0.15, -0.1) is 0 Å². The van der Waals surface area contributed by atoms with E-state index in [0.717, 1.165) is 5.56 Å². The van der Waals surface area contributed by atoms with Gasteiger partial charge in [0.1, 0.15) is 0 Å². The van der Waals surface area contributed by atoms with Gasteiger partial charge in [-0.05, 0) is 30.7 Å². The molecule has 1 heterocycles. The number of nitrogens with zero attached hydrogens (tertiary/aromatic N) is 2. The number of ether oxygens (including phenoxy) is 3. The smallest absolute Gasteiger partial charge is 0.409 e. The fourth-order valence-electron chi connectivity index (χ4n) is 2.55. The van der Waals surface area contributed by atoms with E-state index in [1.165, 1.54) is 6.08 Å². The summed E-state index contributed by atoms with van der Waals surface area (Å²) in [6.45, 7) is 4.08. The van der Waals surface area contributed by atoms with E-state index >= 15 is 0 Å². The normalized spacial score (nSPS) is 14.5. The van der Waals surface area contributed by atoms with Crippen molar-refractivity contribution in [1.29, 1.82) is 0 Å². The second-order valence-corrected chi connectivity index (χ2v) is 5.46. The Balaban J connectivity index is 1.92. The number of piperazine rings is 1. The fraction of sp³-hybridized carbons (Fsp3) is 0.444. The molecule has 7 heteroatoms. The van der Waals surface area contributed by atoms with E-state index in [9.17, 15) is 9.59 Å². The Hall–Kier alpha value is -2.70. The van der Waals surface area contributed by atoms with Gasteiger partial charge in [0.05, 0.1) is 20.8 Å². The van der Waals surface area contributed by atoms with Gasteiger partial charge in [-0.2, -0.15) is 0 Å². The van der Waals surface area contributed by atoms with Crippen molar-refractivity contribution in [3.8, 4) is 11.5 Å². The van der Waals surface area contributed by atoms with Gasteiger partial charge in [0.15, 0.2) is 11.5 Å². The van der Waals surface area contributed by atoms with E-state index in [-0.39, 0.29) is 12.0 Å². The molecule has 136 valence electrons. The lowest BCUT2D eigenvalue weighted by atomic mass is 10.2. The molecule has 0 bridgehead atoms. The molecule has 0 saturated carbocycles. The van der Waals surface area contributed by atoms with Crippen molar-refractivity contribution in [2.45, 2.75) is 6.92 Å². The monoisotopic (exact) mass is 348 g/mol. The van der Waals surface area contributed by atoms with Crippen LogP contribution in [0.25, 0.3) is 6.08 Å². The van der Waals surface area contributed by atoms with Gasteiger partial charge in [0, 0.05) is 32.3 Å². The van der Waals surface area contributed by atoms with Crippen LogP contribution in [0.1, 0.15) is 12.5 Å². The minimum Gasteiger partial charge on any atom is -0.493 e. The Bertz CT molecular complexity index is 636. The zero-order valence-corrected chi connectivity index (χ0v) is 14.9. The molecule has 1 fully saturated rings. The highest BCUT2D eigenvalue weighted by molar-refractivity contribution is 5.92. The maximum Gasteiger partial charge on any atom is 0.409 e. The van der Waals surface area contributed by atoms with Gasteiger partial charge in [0.25, 0.3) is 0 Å². The standard InChI is InChI=1S/C18H24N2O5/c1-4-25-18(22)20-11-9-19(10-12-20)17(21)8-6-14-5-7-15(23-2)16(13-14)24-3/h5-8,13H,4,9-12H2,1-3H3/b8-6+. The molecule has 0 spiro atoms. The molecule has 1 aliphatic rings. The summed E-state index contributed by atoms with van der Waals surface area (Å²) < 4.78 is 15.4. The molecule has 0 radical (unpaired) electrons. The van der Waals surface area contributed by atoms with Crippen molar-refractivity contribution >= 4 is 18.1 Å². The molecule has 0 aromatic heterocycles. The highest BCUT2D eigenvalue weighted by Crippen LogP contribution is 2.27. The highest BCUT2D eigenvalue weighted by atomic mass is 16.6. The SMILES string of the molecule is CCOC(=O)N1CCN(C(=O)/C=C/c2ccc(OC)c(OC)c2)CC1. The first-order valence-electron chi connectivity index (χ1n) is 8.19.